The standard InChI is InChI=1S/C12H19N3O2S/c1-9-7-15(8-10(9)2)18(16,17)12-4-3-5-14-11(12)6-13/h3-5,9-10H,6-8,13H2,1-2H3. The lowest BCUT2D eigenvalue weighted by Crippen LogP contribution is -2.30. The Labute approximate surface area is 108 Å². The number of pyridine rings is 1. The molecule has 0 aliphatic carbocycles. The van der Waals surface area contributed by atoms with Crippen LogP contribution < -0.4 is 5.73 Å². The van der Waals surface area contributed by atoms with E-state index in [1.807, 2.05) is 0 Å². The predicted octanol–water partition coefficient (Wildman–Crippen LogP) is 0.817. The van der Waals surface area contributed by atoms with E-state index in [2.05, 4.69) is 18.8 Å². The van der Waals surface area contributed by atoms with Crippen LogP contribution in [-0.4, -0.2) is 30.8 Å². The van der Waals surface area contributed by atoms with Gasteiger partial charge in [0.1, 0.15) is 4.90 Å². The Morgan fingerprint density at radius 1 is 1.39 bits per heavy atom. The van der Waals surface area contributed by atoms with Crippen LogP contribution in [0.5, 0.6) is 0 Å². The maximum absolute atomic E-state index is 12.5. The molecule has 1 aliphatic rings. The molecule has 2 rings (SSSR count). The zero-order valence-corrected chi connectivity index (χ0v) is 11.5. The molecule has 0 aromatic carbocycles. The predicted molar refractivity (Wildman–Crippen MR) is 69.2 cm³/mol. The van der Waals surface area contributed by atoms with Crippen LogP contribution in [0.4, 0.5) is 0 Å². The first-order chi connectivity index (χ1) is 8.46. The van der Waals surface area contributed by atoms with Crippen LogP contribution in [0.1, 0.15) is 19.5 Å². The number of nitrogens with zero attached hydrogens (tertiary/aromatic N) is 2. The van der Waals surface area contributed by atoms with Gasteiger partial charge in [0.05, 0.1) is 5.69 Å². The lowest BCUT2D eigenvalue weighted by molar-refractivity contribution is 0.462. The number of hydrogen-bond donors (Lipinski definition) is 1. The smallest absolute Gasteiger partial charge is 0.244 e. The Hall–Kier alpha value is -0.980. The molecular formula is C12H19N3O2S. The topological polar surface area (TPSA) is 76.3 Å². The molecule has 1 aromatic heterocycles. The van der Waals surface area contributed by atoms with Crippen molar-refractivity contribution in [3.8, 4) is 0 Å². The van der Waals surface area contributed by atoms with Crippen LogP contribution in [0.2, 0.25) is 0 Å². The van der Waals surface area contributed by atoms with E-state index >= 15 is 0 Å². The molecule has 1 aromatic rings. The van der Waals surface area contributed by atoms with Gasteiger partial charge in [-0.2, -0.15) is 4.31 Å². The Morgan fingerprint density at radius 3 is 2.56 bits per heavy atom. The number of sulfonamides is 1. The summed E-state index contributed by atoms with van der Waals surface area (Å²) >= 11 is 0. The molecule has 1 fully saturated rings. The van der Waals surface area contributed by atoms with E-state index in [0.717, 1.165) is 0 Å². The van der Waals surface area contributed by atoms with Gasteiger partial charge in [0, 0.05) is 25.8 Å². The van der Waals surface area contributed by atoms with Crippen LogP contribution >= 0.6 is 0 Å². The van der Waals surface area contributed by atoms with Crippen LogP contribution in [-0.2, 0) is 16.6 Å². The number of hydrogen-bond acceptors (Lipinski definition) is 4. The number of aromatic nitrogens is 1. The van der Waals surface area contributed by atoms with E-state index in [1.165, 1.54) is 0 Å². The third kappa shape index (κ3) is 2.28. The van der Waals surface area contributed by atoms with Gasteiger partial charge in [-0.1, -0.05) is 13.8 Å². The highest BCUT2D eigenvalue weighted by molar-refractivity contribution is 7.89. The van der Waals surface area contributed by atoms with Crippen molar-refractivity contribution in [2.75, 3.05) is 13.1 Å². The normalized spacial score (nSPS) is 25.5. The maximum atomic E-state index is 12.5. The van der Waals surface area contributed by atoms with Crippen molar-refractivity contribution < 1.29 is 8.42 Å². The molecule has 5 nitrogen and oxygen atoms in total. The quantitative estimate of drug-likeness (QED) is 0.881. The minimum Gasteiger partial charge on any atom is -0.325 e. The van der Waals surface area contributed by atoms with Crippen molar-refractivity contribution in [2.24, 2.45) is 17.6 Å². The van der Waals surface area contributed by atoms with Crippen LogP contribution in [0, 0.1) is 11.8 Å². The molecular weight excluding hydrogens is 250 g/mol. The summed E-state index contributed by atoms with van der Waals surface area (Å²) in [5.74, 6) is 0.774. The Morgan fingerprint density at radius 2 is 2.00 bits per heavy atom. The van der Waals surface area contributed by atoms with Crippen molar-refractivity contribution in [1.82, 2.24) is 9.29 Å². The monoisotopic (exact) mass is 269 g/mol. The molecule has 2 unspecified atom stereocenters. The lowest BCUT2D eigenvalue weighted by atomic mass is 10.0. The molecule has 2 N–H and O–H groups in total. The second-order valence-corrected chi connectivity index (χ2v) is 6.84. The lowest BCUT2D eigenvalue weighted by Gasteiger charge is -2.17. The van der Waals surface area contributed by atoms with Gasteiger partial charge in [-0.15, -0.1) is 0 Å². The maximum Gasteiger partial charge on any atom is 0.244 e. The van der Waals surface area contributed by atoms with Crippen molar-refractivity contribution in [1.29, 1.82) is 0 Å². The van der Waals surface area contributed by atoms with Gasteiger partial charge >= 0.3 is 0 Å². The van der Waals surface area contributed by atoms with E-state index in [9.17, 15) is 8.42 Å². The molecule has 0 spiro atoms. The fraction of sp³-hybridized carbons (Fsp3) is 0.583. The molecule has 2 heterocycles. The summed E-state index contributed by atoms with van der Waals surface area (Å²) in [6.07, 6.45) is 1.57. The molecule has 0 saturated carbocycles. The van der Waals surface area contributed by atoms with Gasteiger partial charge in [-0.3, -0.25) is 4.98 Å². The third-order valence-electron chi connectivity index (χ3n) is 3.61. The first kappa shape index (κ1) is 13.5. The third-order valence-corrected chi connectivity index (χ3v) is 5.52. The highest BCUT2D eigenvalue weighted by Gasteiger charge is 2.35. The Kier molecular flexibility index (Phi) is 3.70. The minimum atomic E-state index is -3.46. The summed E-state index contributed by atoms with van der Waals surface area (Å²) in [5, 5.41) is 0. The molecule has 0 amide bonds. The molecule has 0 bridgehead atoms. The largest absolute Gasteiger partial charge is 0.325 e. The summed E-state index contributed by atoms with van der Waals surface area (Å²) in [6, 6.07) is 3.22. The first-order valence-corrected chi connectivity index (χ1v) is 7.55. The van der Waals surface area contributed by atoms with Gasteiger partial charge < -0.3 is 5.73 Å². The molecule has 2 atom stereocenters. The molecule has 0 radical (unpaired) electrons. The molecule has 6 heteroatoms. The summed E-state index contributed by atoms with van der Waals surface area (Å²) in [6.45, 7) is 5.43. The van der Waals surface area contributed by atoms with E-state index in [1.54, 1.807) is 22.6 Å². The van der Waals surface area contributed by atoms with Crippen molar-refractivity contribution in [3.05, 3.63) is 24.0 Å². The zero-order valence-electron chi connectivity index (χ0n) is 10.7. The van der Waals surface area contributed by atoms with Crippen molar-refractivity contribution >= 4 is 10.0 Å². The van der Waals surface area contributed by atoms with Crippen LogP contribution in [0.3, 0.4) is 0 Å². The van der Waals surface area contributed by atoms with Crippen molar-refractivity contribution in [2.45, 2.75) is 25.3 Å². The number of nitrogens with two attached hydrogens (primary N) is 1. The fourth-order valence-electron chi connectivity index (χ4n) is 2.22. The summed E-state index contributed by atoms with van der Waals surface area (Å²) in [5.41, 5.74) is 5.99. The average molecular weight is 269 g/mol. The fourth-order valence-corrected chi connectivity index (χ4v) is 4.05. The average Bonchev–Trinajstić information content (AvgIpc) is 2.70. The SMILES string of the molecule is CC1CN(S(=O)(=O)c2cccnc2CN)CC1C. The van der Waals surface area contributed by atoms with Crippen molar-refractivity contribution in [3.63, 3.8) is 0 Å². The van der Waals surface area contributed by atoms with Gasteiger partial charge in [-0.25, -0.2) is 8.42 Å². The van der Waals surface area contributed by atoms with Crippen LogP contribution in [0.15, 0.2) is 23.2 Å². The van der Waals surface area contributed by atoms with Crippen LogP contribution in [0.25, 0.3) is 0 Å². The van der Waals surface area contributed by atoms with E-state index in [-0.39, 0.29) is 11.4 Å². The molecule has 1 saturated heterocycles. The van der Waals surface area contributed by atoms with E-state index in [0.29, 0.717) is 30.6 Å². The minimum absolute atomic E-state index is 0.133. The Balaban J connectivity index is 2.37. The summed E-state index contributed by atoms with van der Waals surface area (Å²) in [7, 11) is -3.46. The Bertz CT molecular complexity index is 520. The van der Waals surface area contributed by atoms with Gasteiger partial charge in [0.2, 0.25) is 10.0 Å². The van der Waals surface area contributed by atoms with Gasteiger partial charge in [0.15, 0.2) is 0 Å². The molecule has 1 aliphatic heterocycles. The second kappa shape index (κ2) is 4.95. The molecule has 100 valence electrons. The summed E-state index contributed by atoms with van der Waals surface area (Å²) < 4.78 is 26.6. The summed E-state index contributed by atoms with van der Waals surface area (Å²) in [4.78, 5) is 4.29. The molecule has 18 heavy (non-hydrogen) atoms. The number of rotatable bonds is 3. The van der Waals surface area contributed by atoms with E-state index in [4.69, 9.17) is 5.73 Å². The highest BCUT2D eigenvalue weighted by Crippen LogP contribution is 2.28. The zero-order chi connectivity index (χ0) is 13.3. The highest BCUT2D eigenvalue weighted by atomic mass is 32.2. The second-order valence-electron chi connectivity index (χ2n) is 4.93. The first-order valence-electron chi connectivity index (χ1n) is 6.11. The van der Waals surface area contributed by atoms with Gasteiger partial charge in [0.25, 0.3) is 0 Å². The van der Waals surface area contributed by atoms with E-state index < -0.39 is 10.0 Å². The van der Waals surface area contributed by atoms with Gasteiger partial charge in [-0.05, 0) is 24.0 Å².